The number of benzene rings is 2. The average Bonchev–Trinajstić information content (AvgIpc) is 2.87. The van der Waals surface area contributed by atoms with E-state index in [-0.39, 0.29) is 41.3 Å². The molecule has 11 heteroatoms. The van der Waals surface area contributed by atoms with Gasteiger partial charge in [0.15, 0.2) is 0 Å². The van der Waals surface area contributed by atoms with Gasteiger partial charge in [-0.25, -0.2) is 8.42 Å². The maximum absolute atomic E-state index is 13.9. The first-order chi connectivity index (χ1) is 16.7. The zero-order valence-corrected chi connectivity index (χ0v) is 22.1. The van der Waals surface area contributed by atoms with Crippen molar-refractivity contribution in [3.8, 4) is 11.5 Å². The number of carbonyl (C=O) groups excluding carboxylic acids is 1. The molecule has 3 rings (SSSR count). The van der Waals surface area contributed by atoms with Gasteiger partial charge in [0.2, 0.25) is 10.0 Å². The smallest absolute Gasteiger partial charge is 0.252 e. The van der Waals surface area contributed by atoms with Gasteiger partial charge < -0.3 is 24.0 Å². The van der Waals surface area contributed by atoms with Crippen molar-refractivity contribution in [1.29, 1.82) is 0 Å². The van der Waals surface area contributed by atoms with Crippen molar-refractivity contribution in [3.63, 3.8) is 0 Å². The summed E-state index contributed by atoms with van der Waals surface area (Å²) < 4.78 is 45.0. The third-order valence-electron chi connectivity index (χ3n) is 5.91. The molecule has 0 N–H and O–H groups in total. The first-order valence-electron chi connectivity index (χ1n) is 11.2. The Morgan fingerprint density at radius 2 is 1.71 bits per heavy atom. The van der Waals surface area contributed by atoms with Crippen LogP contribution in [0, 0.1) is 0 Å². The van der Waals surface area contributed by atoms with Gasteiger partial charge in [-0.1, -0.05) is 29.8 Å². The highest BCUT2D eigenvalue weighted by Gasteiger charge is 2.31. The summed E-state index contributed by atoms with van der Waals surface area (Å²) in [5.41, 5.74) is 1.38. The fourth-order valence-corrected chi connectivity index (χ4v) is 5.91. The molecule has 0 fully saturated rings. The number of para-hydroxylation sites is 1. The van der Waals surface area contributed by atoms with Crippen LogP contribution in [0.5, 0.6) is 11.5 Å². The van der Waals surface area contributed by atoms with Crippen LogP contribution >= 0.6 is 11.6 Å². The minimum Gasteiger partial charge on any atom is -0.495 e. The molecule has 1 aliphatic rings. The van der Waals surface area contributed by atoms with Crippen molar-refractivity contribution in [2.45, 2.75) is 17.9 Å². The summed E-state index contributed by atoms with van der Waals surface area (Å²) in [5.74, 6) is 0.274. The fraction of sp³-hybridized carbons (Fsp3) is 0.458. The van der Waals surface area contributed by atoms with Crippen LogP contribution in [0.3, 0.4) is 0 Å². The van der Waals surface area contributed by atoms with Crippen LogP contribution in [0.15, 0.2) is 41.3 Å². The van der Waals surface area contributed by atoms with E-state index in [9.17, 15) is 13.2 Å². The van der Waals surface area contributed by atoms with Crippen molar-refractivity contribution in [1.82, 2.24) is 9.21 Å². The van der Waals surface area contributed by atoms with Crippen LogP contribution in [-0.4, -0.2) is 84.7 Å². The minimum atomic E-state index is -4.03. The van der Waals surface area contributed by atoms with E-state index in [0.717, 1.165) is 6.42 Å². The molecule has 0 aliphatic carbocycles. The van der Waals surface area contributed by atoms with Crippen LogP contribution < -0.4 is 14.4 Å². The van der Waals surface area contributed by atoms with Crippen LogP contribution in [-0.2, 0) is 26.1 Å². The molecule has 35 heavy (non-hydrogen) atoms. The second-order valence-corrected chi connectivity index (χ2v) is 10.6. The summed E-state index contributed by atoms with van der Waals surface area (Å²) in [6, 6.07) is 10.2. The maximum atomic E-state index is 13.9. The summed E-state index contributed by atoms with van der Waals surface area (Å²) in [6.45, 7) is 1.96. The third-order valence-corrected chi connectivity index (χ3v) is 8.07. The first kappa shape index (κ1) is 27.2. The number of carbonyl (C=O) groups is 1. The van der Waals surface area contributed by atoms with Gasteiger partial charge in [0, 0.05) is 45.0 Å². The largest absolute Gasteiger partial charge is 0.495 e. The average molecular weight is 526 g/mol. The summed E-state index contributed by atoms with van der Waals surface area (Å²) in [6.07, 6.45) is 0.731. The van der Waals surface area contributed by atoms with Crippen LogP contribution in [0.2, 0.25) is 5.02 Å². The van der Waals surface area contributed by atoms with Crippen molar-refractivity contribution in [2.75, 3.05) is 66.1 Å². The number of sulfonamides is 1. The van der Waals surface area contributed by atoms with Crippen molar-refractivity contribution < 1.29 is 27.4 Å². The van der Waals surface area contributed by atoms with E-state index >= 15 is 0 Å². The predicted molar refractivity (Wildman–Crippen MR) is 135 cm³/mol. The van der Waals surface area contributed by atoms with E-state index in [4.69, 9.17) is 25.8 Å². The molecule has 0 unspecified atom stereocenters. The predicted octanol–water partition coefficient (Wildman–Crippen LogP) is 2.86. The standard InChI is InChI=1S/C24H32ClN3O6S/c1-26-10-7-11-28(24(29)17-32-2)20-9-6-5-8-18(20)16-27(13-12-26)35(30,31)23-14-19(25)21(33-3)15-22(23)34-4/h5-6,8-9,14-15H,7,10-13,16-17H2,1-4H3. The highest BCUT2D eigenvalue weighted by atomic mass is 35.5. The number of anilines is 1. The lowest BCUT2D eigenvalue weighted by Crippen LogP contribution is -2.37. The molecular formula is C24H32ClN3O6S. The second kappa shape index (κ2) is 12.0. The summed E-state index contributed by atoms with van der Waals surface area (Å²) in [7, 11) is 2.23. The lowest BCUT2D eigenvalue weighted by atomic mass is 10.1. The molecule has 1 aliphatic heterocycles. The van der Waals surface area contributed by atoms with Gasteiger partial charge in [0.25, 0.3) is 5.91 Å². The van der Waals surface area contributed by atoms with Crippen molar-refractivity contribution >= 4 is 33.2 Å². The van der Waals surface area contributed by atoms with Gasteiger partial charge in [-0.3, -0.25) is 4.79 Å². The molecule has 0 radical (unpaired) electrons. The van der Waals surface area contributed by atoms with Gasteiger partial charge in [0.1, 0.15) is 23.0 Å². The van der Waals surface area contributed by atoms with E-state index in [1.807, 2.05) is 31.3 Å². The molecule has 9 nitrogen and oxygen atoms in total. The number of methoxy groups -OCH3 is 3. The van der Waals surface area contributed by atoms with Gasteiger partial charge in [-0.15, -0.1) is 0 Å². The number of rotatable bonds is 6. The first-order valence-corrected chi connectivity index (χ1v) is 13.0. The lowest BCUT2D eigenvalue weighted by molar-refractivity contribution is -0.122. The highest BCUT2D eigenvalue weighted by molar-refractivity contribution is 7.89. The Labute approximate surface area is 212 Å². The topological polar surface area (TPSA) is 88.6 Å². The molecule has 1 amide bonds. The number of likely N-dealkylation sites (N-methyl/N-ethyl adjacent to an activating group) is 1. The Bertz CT molecular complexity index is 1140. The number of hydrogen-bond acceptors (Lipinski definition) is 7. The van der Waals surface area contributed by atoms with Crippen LogP contribution in [0.25, 0.3) is 0 Å². The molecule has 2 aromatic carbocycles. The number of fused-ring (bicyclic) bond motifs is 1. The maximum Gasteiger partial charge on any atom is 0.252 e. The van der Waals surface area contributed by atoms with E-state index in [1.54, 1.807) is 4.90 Å². The second-order valence-electron chi connectivity index (χ2n) is 8.24. The van der Waals surface area contributed by atoms with Gasteiger partial charge >= 0.3 is 0 Å². The lowest BCUT2D eigenvalue weighted by Gasteiger charge is -2.28. The highest BCUT2D eigenvalue weighted by Crippen LogP contribution is 2.37. The summed E-state index contributed by atoms with van der Waals surface area (Å²) in [4.78, 5) is 16.6. The van der Waals surface area contributed by atoms with Crippen LogP contribution in [0.1, 0.15) is 12.0 Å². The van der Waals surface area contributed by atoms with Gasteiger partial charge in [-0.2, -0.15) is 4.31 Å². The Morgan fingerprint density at radius 1 is 1.00 bits per heavy atom. The monoisotopic (exact) mass is 525 g/mol. The number of hydrogen-bond donors (Lipinski definition) is 0. The van der Waals surface area contributed by atoms with Crippen molar-refractivity contribution in [3.05, 3.63) is 47.0 Å². The molecular weight excluding hydrogens is 494 g/mol. The van der Waals surface area contributed by atoms with Gasteiger partial charge in [0.05, 0.1) is 19.2 Å². The zero-order valence-electron chi connectivity index (χ0n) is 20.5. The Balaban J connectivity index is 2.10. The minimum absolute atomic E-state index is 0.0480. The number of halogens is 1. The third kappa shape index (κ3) is 6.25. The number of amides is 1. The molecule has 0 bridgehead atoms. The number of ether oxygens (including phenoxy) is 3. The van der Waals surface area contributed by atoms with Crippen molar-refractivity contribution in [2.24, 2.45) is 0 Å². The molecule has 0 aromatic heterocycles. The summed E-state index contributed by atoms with van der Waals surface area (Å²) >= 11 is 6.29. The van der Waals surface area contributed by atoms with Gasteiger partial charge in [-0.05, 0) is 37.7 Å². The molecule has 0 spiro atoms. The molecule has 0 saturated heterocycles. The quantitative estimate of drug-likeness (QED) is 0.573. The zero-order chi connectivity index (χ0) is 25.6. The normalized spacial score (nSPS) is 16.3. The molecule has 192 valence electrons. The SMILES string of the molecule is COCC(=O)N1CCCN(C)CCN(S(=O)(=O)c2cc(Cl)c(OC)cc2OC)Cc2ccccc21. The molecule has 2 aromatic rings. The van der Waals surface area contributed by atoms with E-state index in [1.165, 1.54) is 37.8 Å². The molecule has 0 atom stereocenters. The van der Waals surface area contributed by atoms with E-state index < -0.39 is 10.0 Å². The Hall–Kier alpha value is -2.37. The summed E-state index contributed by atoms with van der Waals surface area (Å²) in [5, 5.41) is 0.165. The Kier molecular flexibility index (Phi) is 9.37. The van der Waals surface area contributed by atoms with E-state index in [0.29, 0.717) is 36.6 Å². The number of nitrogens with zero attached hydrogens (tertiary/aromatic N) is 3. The molecule has 1 heterocycles. The fourth-order valence-electron chi connectivity index (χ4n) is 4.03. The molecule has 0 saturated carbocycles. The Morgan fingerprint density at radius 3 is 2.40 bits per heavy atom. The van der Waals surface area contributed by atoms with E-state index in [2.05, 4.69) is 4.90 Å². The van der Waals surface area contributed by atoms with Crippen LogP contribution in [0.4, 0.5) is 5.69 Å².